The molecule has 0 radical (unpaired) electrons. The maximum atomic E-state index is 12.4. The second kappa shape index (κ2) is 5.88. The van der Waals surface area contributed by atoms with E-state index in [1.54, 1.807) is 0 Å². The van der Waals surface area contributed by atoms with E-state index in [-0.39, 0.29) is 5.91 Å². The summed E-state index contributed by atoms with van der Waals surface area (Å²) < 4.78 is 1.14. The van der Waals surface area contributed by atoms with E-state index in [4.69, 9.17) is 11.6 Å². The number of amides is 1. The number of aryl methyl sites for hydroxylation is 1. The van der Waals surface area contributed by atoms with Crippen molar-refractivity contribution >= 4 is 38.9 Å². The van der Waals surface area contributed by atoms with Crippen LogP contribution in [-0.2, 0) is 6.54 Å². The molecule has 3 aromatic rings. The average molecular weight is 316 g/mol. The molecular formula is C17H14ClNOS. The van der Waals surface area contributed by atoms with Crippen molar-refractivity contribution in [2.45, 2.75) is 13.5 Å². The van der Waals surface area contributed by atoms with Gasteiger partial charge in [-0.15, -0.1) is 11.3 Å². The lowest BCUT2D eigenvalue weighted by Gasteiger charge is -2.06. The molecule has 0 spiro atoms. The maximum Gasteiger partial charge on any atom is 0.261 e. The number of hydrogen-bond acceptors (Lipinski definition) is 2. The number of nitrogens with one attached hydrogen (secondary N) is 1. The average Bonchev–Trinajstić information content (AvgIpc) is 2.84. The van der Waals surface area contributed by atoms with Crippen LogP contribution in [0.15, 0.2) is 48.5 Å². The highest BCUT2D eigenvalue weighted by Gasteiger charge is 2.15. The molecule has 3 rings (SSSR count). The van der Waals surface area contributed by atoms with Crippen LogP contribution in [0.3, 0.4) is 0 Å². The third kappa shape index (κ3) is 2.80. The Bertz CT molecular complexity index is 809. The van der Waals surface area contributed by atoms with Gasteiger partial charge < -0.3 is 5.32 Å². The van der Waals surface area contributed by atoms with Crippen LogP contribution in [0.2, 0.25) is 5.02 Å². The van der Waals surface area contributed by atoms with Gasteiger partial charge in [-0.25, -0.2) is 0 Å². The van der Waals surface area contributed by atoms with Gasteiger partial charge in [-0.1, -0.05) is 48.0 Å². The Morgan fingerprint density at radius 3 is 2.62 bits per heavy atom. The number of benzene rings is 2. The van der Waals surface area contributed by atoms with E-state index in [1.165, 1.54) is 11.3 Å². The minimum Gasteiger partial charge on any atom is -0.347 e. The Hall–Kier alpha value is -1.84. The molecule has 1 N–H and O–H groups in total. The third-order valence-corrected chi connectivity index (χ3v) is 5.09. The molecule has 0 bridgehead atoms. The summed E-state index contributed by atoms with van der Waals surface area (Å²) in [6, 6.07) is 15.6. The molecule has 0 unspecified atom stereocenters. The molecule has 0 saturated heterocycles. The van der Waals surface area contributed by atoms with E-state index in [9.17, 15) is 4.79 Å². The van der Waals surface area contributed by atoms with E-state index in [2.05, 4.69) is 5.32 Å². The van der Waals surface area contributed by atoms with Gasteiger partial charge in [-0.3, -0.25) is 4.79 Å². The van der Waals surface area contributed by atoms with Crippen molar-refractivity contribution in [2.24, 2.45) is 0 Å². The van der Waals surface area contributed by atoms with Gasteiger partial charge in [0.15, 0.2) is 0 Å². The van der Waals surface area contributed by atoms with Crippen molar-refractivity contribution in [3.05, 3.63) is 69.6 Å². The van der Waals surface area contributed by atoms with Gasteiger partial charge in [0.05, 0.1) is 4.88 Å². The first-order chi connectivity index (χ1) is 10.2. The Kier molecular flexibility index (Phi) is 3.95. The quantitative estimate of drug-likeness (QED) is 0.739. The van der Waals surface area contributed by atoms with Gasteiger partial charge in [0.1, 0.15) is 0 Å². The first-order valence-electron chi connectivity index (χ1n) is 6.66. The number of hydrogen-bond donors (Lipinski definition) is 1. The van der Waals surface area contributed by atoms with Gasteiger partial charge in [0, 0.05) is 16.3 Å². The van der Waals surface area contributed by atoms with Crippen LogP contribution in [0.5, 0.6) is 0 Å². The van der Waals surface area contributed by atoms with Gasteiger partial charge in [-0.2, -0.15) is 0 Å². The summed E-state index contributed by atoms with van der Waals surface area (Å²) in [5.74, 6) is -0.0476. The fraction of sp³-hybridized carbons (Fsp3) is 0.118. The topological polar surface area (TPSA) is 29.1 Å². The lowest BCUT2D eigenvalue weighted by Crippen LogP contribution is -2.22. The van der Waals surface area contributed by atoms with E-state index in [1.807, 2.05) is 55.5 Å². The number of carbonyl (C=O) groups excluding carboxylic acids is 1. The summed E-state index contributed by atoms with van der Waals surface area (Å²) in [6.45, 7) is 2.43. The van der Waals surface area contributed by atoms with Crippen molar-refractivity contribution in [3.8, 4) is 0 Å². The summed E-state index contributed by atoms with van der Waals surface area (Å²) in [5.41, 5.74) is 1.96. The van der Waals surface area contributed by atoms with Crippen molar-refractivity contribution in [3.63, 3.8) is 0 Å². The van der Waals surface area contributed by atoms with Crippen LogP contribution >= 0.6 is 22.9 Å². The highest BCUT2D eigenvalue weighted by atomic mass is 35.5. The lowest BCUT2D eigenvalue weighted by molar-refractivity contribution is 0.0954. The van der Waals surface area contributed by atoms with Crippen LogP contribution in [0.25, 0.3) is 10.1 Å². The van der Waals surface area contributed by atoms with Crippen molar-refractivity contribution < 1.29 is 4.79 Å². The van der Waals surface area contributed by atoms with E-state index in [0.717, 1.165) is 26.1 Å². The number of rotatable bonds is 3. The zero-order chi connectivity index (χ0) is 14.8. The van der Waals surface area contributed by atoms with Gasteiger partial charge in [-0.05, 0) is 35.6 Å². The van der Waals surface area contributed by atoms with E-state index in [0.29, 0.717) is 11.6 Å². The Morgan fingerprint density at radius 1 is 1.14 bits per heavy atom. The number of halogens is 1. The minimum absolute atomic E-state index is 0.0476. The van der Waals surface area contributed by atoms with Crippen molar-refractivity contribution in [1.82, 2.24) is 5.32 Å². The first kappa shape index (κ1) is 14.1. The largest absolute Gasteiger partial charge is 0.347 e. The molecule has 1 heterocycles. The molecule has 0 saturated carbocycles. The molecule has 106 valence electrons. The molecule has 0 aliphatic heterocycles. The molecule has 0 atom stereocenters. The summed E-state index contributed by atoms with van der Waals surface area (Å²) in [7, 11) is 0. The molecule has 1 amide bonds. The standard InChI is InChI=1S/C17H14ClNOS/c1-11-13-7-3-5-9-15(13)21-16(11)17(20)19-10-12-6-2-4-8-14(12)18/h2-9H,10H2,1H3,(H,19,20). The van der Waals surface area contributed by atoms with E-state index < -0.39 is 0 Å². The van der Waals surface area contributed by atoms with E-state index >= 15 is 0 Å². The molecule has 0 aliphatic carbocycles. The molecular weight excluding hydrogens is 302 g/mol. The summed E-state index contributed by atoms with van der Waals surface area (Å²) in [6.07, 6.45) is 0. The normalized spacial score (nSPS) is 10.8. The minimum atomic E-state index is -0.0476. The molecule has 0 aliphatic rings. The molecule has 2 nitrogen and oxygen atoms in total. The number of fused-ring (bicyclic) bond motifs is 1. The fourth-order valence-corrected chi connectivity index (χ4v) is 3.62. The van der Waals surface area contributed by atoms with Crippen LogP contribution in [-0.4, -0.2) is 5.91 Å². The molecule has 1 aromatic heterocycles. The number of carbonyl (C=O) groups is 1. The predicted octanol–water partition coefficient (Wildman–Crippen LogP) is 4.79. The second-order valence-corrected chi connectivity index (χ2v) is 6.29. The Balaban J connectivity index is 1.81. The molecule has 4 heteroatoms. The Morgan fingerprint density at radius 2 is 1.86 bits per heavy atom. The highest BCUT2D eigenvalue weighted by molar-refractivity contribution is 7.21. The molecule has 2 aromatic carbocycles. The van der Waals surface area contributed by atoms with Gasteiger partial charge in [0.25, 0.3) is 5.91 Å². The van der Waals surface area contributed by atoms with Crippen molar-refractivity contribution in [2.75, 3.05) is 0 Å². The number of thiophene rings is 1. The zero-order valence-electron chi connectivity index (χ0n) is 11.5. The molecule has 0 fully saturated rings. The first-order valence-corrected chi connectivity index (χ1v) is 7.86. The third-order valence-electron chi connectivity index (χ3n) is 3.45. The molecule has 21 heavy (non-hydrogen) atoms. The lowest BCUT2D eigenvalue weighted by atomic mass is 10.1. The summed E-state index contributed by atoms with van der Waals surface area (Å²) in [4.78, 5) is 13.1. The predicted molar refractivity (Wildman–Crippen MR) is 89.2 cm³/mol. The van der Waals surface area contributed by atoms with Crippen LogP contribution in [0.1, 0.15) is 20.8 Å². The second-order valence-electron chi connectivity index (χ2n) is 4.83. The van der Waals surface area contributed by atoms with Gasteiger partial charge in [0.2, 0.25) is 0 Å². The maximum absolute atomic E-state index is 12.4. The van der Waals surface area contributed by atoms with Crippen LogP contribution in [0.4, 0.5) is 0 Å². The smallest absolute Gasteiger partial charge is 0.261 e. The fourth-order valence-electron chi connectivity index (χ4n) is 2.29. The summed E-state index contributed by atoms with van der Waals surface area (Å²) >= 11 is 7.63. The van der Waals surface area contributed by atoms with Gasteiger partial charge >= 0.3 is 0 Å². The highest BCUT2D eigenvalue weighted by Crippen LogP contribution is 2.30. The van der Waals surface area contributed by atoms with Crippen LogP contribution in [0, 0.1) is 6.92 Å². The monoisotopic (exact) mass is 315 g/mol. The van der Waals surface area contributed by atoms with Crippen LogP contribution < -0.4 is 5.32 Å². The zero-order valence-corrected chi connectivity index (χ0v) is 13.1. The summed E-state index contributed by atoms with van der Waals surface area (Å²) in [5, 5.41) is 4.76. The van der Waals surface area contributed by atoms with Crippen molar-refractivity contribution in [1.29, 1.82) is 0 Å². The SMILES string of the molecule is Cc1c(C(=O)NCc2ccccc2Cl)sc2ccccc12. The Labute approximate surface area is 132 Å².